The molecule has 0 saturated heterocycles. The molecule has 5 nitrogen and oxygen atoms in total. The molecule has 2 N–H and O–H groups in total. The maximum Gasteiger partial charge on any atom is 0.282 e. The van der Waals surface area contributed by atoms with Gasteiger partial charge in [-0.3, -0.25) is 0 Å². The van der Waals surface area contributed by atoms with Crippen molar-refractivity contribution in [1.82, 2.24) is 0 Å². The number of hydrogen-bond acceptors (Lipinski definition) is 5. The second-order valence-corrected chi connectivity index (χ2v) is 4.12. The molecular formula is C12H17N3O2. The van der Waals surface area contributed by atoms with Crippen LogP contribution in [-0.2, 0) is 4.74 Å². The predicted octanol–water partition coefficient (Wildman–Crippen LogP) is 0.845. The third-order valence-corrected chi connectivity index (χ3v) is 2.51. The molecule has 0 aromatic heterocycles. The van der Waals surface area contributed by atoms with Crippen molar-refractivity contribution in [1.29, 1.82) is 0 Å². The Kier molecular flexibility index (Phi) is 3.37. The summed E-state index contributed by atoms with van der Waals surface area (Å²) in [4.78, 5) is 5.99. The third kappa shape index (κ3) is 3.03. The predicted molar refractivity (Wildman–Crippen MR) is 67.6 cm³/mol. The summed E-state index contributed by atoms with van der Waals surface area (Å²) in [5.41, 5.74) is 6.53. The van der Waals surface area contributed by atoms with Crippen LogP contribution in [0.5, 0.6) is 5.75 Å². The van der Waals surface area contributed by atoms with Gasteiger partial charge in [0.2, 0.25) is 0 Å². The van der Waals surface area contributed by atoms with Crippen molar-refractivity contribution in [3.8, 4) is 5.75 Å². The number of benzene rings is 1. The minimum absolute atomic E-state index is 0.0713. The van der Waals surface area contributed by atoms with Gasteiger partial charge in [0, 0.05) is 25.8 Å². The highest BCUT2D eigenvalue weighted by Gasteiger charge is 2.18. The van der Waals surface area contributed by atoms with Gasteiger partial charge in [0.1, 0.15) is 12.4 Å². The van der Waals surface area contributed by atoms with E-state index in [1.807, 2.05) is 43.3 Å². The highest BCUT2D eigenvalue weighted by atomic mass is 16.5. The van der Waals surface area contributed by atoms with Gasteiger partial charge in [-0.25, -0.2) is 4.99 Å². The van der Waals surface area contributed by atoms with E-state index in [1.54, 1.807) is 0 Å². The van der Waals surface area contributed by atoms with Crippen LogP contribution in [0, 0.1) is 0 Å². The molecule has 2 rings (SSSR count). The highest BCUT2D eigenvalue weighted by Crippen LogP contribution is 2.19. The van der Waals surface area contributed by atoms with E-state index in [0.717, 1.165) is 11.4 Å². The van der Waals surface area contributed by atoms with Gasteiger partial charge in [-0.1, -0.05) is 6.07 Å². The number of rotatable bonds is 4. The van der Waals surface area contributed by atoms with E-state index in [-0.39, 0.29) is 12.1 Å². The Labute approximate surface area is 101 Å². The standard InChI is InChI=1S/C12H17N3O2/c1-15(2)9-4-3-5-10(6-9)16-8-11-7-14-12(13)17-11/h3-6,11H,7-8H2,1-2H3,(H2,13,14). The summed E-state index contributed by atoms with van der Waals surface area (Å²) < 4.78 is 10.9. The maximum atomic E-state index is 5.65. The molecule has 0 spiro atoms. The van der Waals surface area contributed by atoms with Crippen molar-refractivity contribution in [3.05, 3.63) is 24.3 Å². The topological polar surface area (TPSA) is 60.1 Å². The monoisotopic (exact) mass is 235 g/mol. The first-order chi connectivity index (χ1) is 8.15. The van der Waals surface area contributed by atoms with Crippen molar-refractivity contribution in [2.24, 2.45) is 10.7 Å². The van der Waals surface area contributed by atoms with Crippen LogP contribution in [0.1, 0.15) is 0 Å². The molecule has 92 valence electrons. The minimum atomic E-state index is -0.0713. The van der Waals surface area contributed by atoms with Gasteiger partial charge in [0.15, 0.2) is 6.10 Å². The molecule has 0 aliphatic carbocycles. The summed E-state index contributed by atoms with van der Waals surface area (Å²) in [7, 11) is 3.99. The first-order valence-electron chi connectivity index (χ1n) is 5.52. The van der Waals surface area contributed by atoms with Crippen molar-refractivity contribution >= 4 is 11.7 Å². The van der Waals surface area contributed by atoms with Crippen LogP contribution >= 0.6 is 0 Å². The second-order valence-electron chi connectivity index (χ2n) is 4.12. The average Bonchev–Trinajstić information content (AvgIpc) is 2.73. The number of nitrogens with two attached hydrogens (primary N) is 1. The molecule has 1 atom stereocenters. The molecule has 17 heavy (non-hydrogen) atoms. The highest BCUT2D eigenvalue weighted by molar-refractivity contribution is 5.73. The van der Waals surface area contributed by atoms with Crippen molar-refractivity contribution in [3.63, 3.8) is 0 Å². The average molecular weight is 235 g/mol. The van der Waals surface area contributed by atoms with Crippen LogP contribution in [0.2, 0.25) is 0 Å². The van der Waals surface area contributed by atoms with Crippen LogP contribution < -0.4 is 15.4 Å². The zero-order valence-corrected chi connectivity index (χ0v) is 10.1. The van der Waals surface area contributed by atoms with E-state index in [2.05, 4.69) is 4.99 Å². The van der Waals surface area contributed by atoms with Crippen LogP contribution in [0.3, 0.4) is 0 Å². The van der Waals surface area contributed by atoms with Gasteiger partial charge in [-0.15, -0.1) is 0 Å². The Morgan fingerprint density at radius 1 is 1.53 bits per heavy atom. The van der Waals surface area contributed by atoms with Crippen LogP contribution in [0.15, 0.2) is 29.3 Å². The van der Waals surface area contributed by atoms with E-state index >= 15 is 0 Å². The van der Waals surface area contributed by atoms with E-state index in [9.17, 15) is 0 Å². The maximum absolute atomic E-state index is 5.65. The van der Waals surface area contributed by atoms with Gasteiger partial charge in [-0.05, 0) is 12.1 Å². The fourth-order valence-corrected chi connectivity index (χ4v) is 1.56. The smallest absolute Gasteiger partial charge is 0.282 e. The molecule has 1 heterocycles. The minimum Gasteiger partial charge on any atom is -0.490 e. The number of nitrogens with zero attached hydrogens (tertiary/aromatic N) is 2. The fourth-order valence-electron chi connectivity index (χ4n) is 1.56. The van der Waals surface area contributed by atoms with Gasteiger partial charge in [0.05, 0.1) is 6.54 Å². The molecule has 0 saturated carbocycles. The van der Waals surface area contributed by atoms with Gasteiger partial charge in [0.25, 0.3) is 6.02 Å². The largest absolute Gasteiger partial charge is 0.490 e. The lowest BCUT2D eigenvalue weighted by Gasteiger charge is -2.15. The van der Waals surface area contributed by atoms with Gasteiger partial charge < -0.3 is 20.1 Å². The molecule has 1 aliphatic heterocycles. The van der Waals surface area contributed by atoms with Crippen LogP contribution in [0.4, 0.5) is 5.69 Å². The molecule has 1 aromatic rings. The SMILES string of the molecule is CN(C)c1cccc(OCC2CN=C(N)O2)c1. The Bertz CT molecular complexity index is 418. The molecule has 1 aliphatic rings. The number of ether oxygens (including phenoxy) is 2. The zero-order chi connectivity index (χ0) is 12.3. The Morgan fingerprint density at radius 3 is 3.00 bits per heavy atom. The number of anilines is 1. The summed E-state index contributed by atoms with van der Waals surface area (Å²) >= 11 is 0. The summed E-state index contributed by atoms with van der Waals surface area (Å²) in [5, 5.41) is 0. The summed E-state index contributed by atoms with van der Waals surface area (Å²) in [6, 6.07) is 8.15. The van der Waals surface area contributed by atoms with E-state index in [4.69, 9.17) is 15.2 Å². The quantitative estimate of drug-likeness (QED) is 0.840. The zero-order valence-electron chi connectivity index (χ0n) is 10.1. The van der Waals surface area contributed by atoms with E-state index in [1.165, 1.54) is 0 Å². The molecule has 5 heteroatoms. The molecule has 0 fully saturated rings. The van der Waals surface area contributed by atoms with E-state index < -0.39 is 0 Å². The summed E-state index contributed by atoms with van der Waals surface area (Å²) in [6.07, 6.45) is -0.0713. The summed E-state index contributed by atoms with van der Waals surface area (Å²) in [5.74, 6) is 0.824. The van der Waals surface area contributed by atoms with Crippen molar-refractivity contribution < 1.29 is 9.47 Å². The third-order valence-electron chi connectivity index (χ3n) is 2.51. The molecule has 0 amide bonds. The first-order valence-corrected chi connectivity index (χ1v) is 5.52. The molecular weight excluding hydrogens is 218 g/mol. The fraction of sp³-hybridized carbons (Fsp3) is 0.417. The molecule has 0 bridgehead atoms. The lowest BCUT2D eigenvalue weighted by Crippen LogP contribution is -2.24. The van der Waals surface area contributed by atoms with Crippen LogP contribution in [-0.4, -0.2) is 39.4 Å². The van der Waals surface area contributed by atoms with E-state index in [0.29, 0.717) is 13.2 Å². The van der Waals surface area contributed by atoms with Gasteiger partial charge in [-0.2, -0.15) is 0 Å². The second kappa shape index (κ2) is 4.95. The molecule has 0 radical (unpaired) electrons. The molecule has 1 aromatic carbocycles. The number of amidine groups is 1. The first kappa shape index (κ1) is 11.6. The van der Waals surface area contributed by atoms with Crippen molar-refractivity contribution in [2.45, 2.75) is 6.10 Å². The van der Waals surface area contributed by atoms with Gasteiger partial charge >= 0.3 is 0 Å². The Morgan fingerprint density at radius 2 is 2.35 bits per heavy atom. The molecule has 1 unspecified atom stereocenters. The lowest BCUT2D eigenvalue weighted by molar-refractivity contribution is 0.141. The van der Waals surface area contributed by atoms with Crippen LogP contribution in [0.25, 0.3) is 0 Å². The number of aliphatic imine (C=N–C) groups is 1. The Balaban J connectivity index is 1.89. The van der Waals surface area contributed by atoms with Crippen molar-refractivity contribution in [2.75, 3.05) is 32.1 Å². The lowest BCUT2D eigenvalue weighted by atomic mass is 10.3. The summed E-state index contributed by atoms with van der Waals surface area (Å²) in [6.45, 7) is 1.03. The normalized spacial score (nSPS) is 18.5. The Hall–Kier alpha value is -1.91. The number of hydrogen-bond donors (Lipinski definition) is 1.